The number of ether oxygens (including phenoxy) is 1. The molecule has 2 N–H and O–H groups in total. The summed E-state index contributed by atoms with van der Waals surface area (Å²) < 4.78 is 4.83. The molecule has 0 radical (unpaired) electrons. The normalized spacial score (nSPS) is 14.1. The molecule has 1 rings (SSSR count). The number of aryl methyl sites for hydroxylation is 3. The summed E-state index contributed by atoms with van der Waals surface area (Å²) >= 11 is 0. The van der Waals surface area contributed by atoms with E-state index in [9.17, 15) is 4.79 Å². The molecule has 0 heterocycles. The molecule has 100 valence electrons. The average molecular weight is 249 g/mol. The Labute approximate surface area is 109 Å². The number of methoxy groups -OCH3 is 1. The molecule has 3 nitrogen and oxygen atoms in total. The monoisotopic (exact) mass is 249 g/mol. The van der Waals surface area contributed by atoms with Crippen molar-refractivity contribution in [2.24, 2.45) is 11.7 Å². The number of rotatable bonds is 4. The number of nitrogens with two attached hydrogens (primary N) is 1. The van der Waals surface area contributed by atoms with Crippen LogP contribution in [0.25, 0.3) is 0 Å². The summed E-state index contributed by atoms with van der Waals surface area (Å²) in [5.74, 6) is -0.514. The molecule has 0 aliphatic carbocycles. The Kier molecular flexibility index (Phi) is 4.91. The molecule has 2 atom stereocenters. The van der Waals surface area contributed by atoms with Gasteiger partial charge in [-0.05, 0) is 43.9 Å². The van der Waals surface area contributed by atoms with Gasteiger partial charge in [-0.3, -0.25) is 4.79 Å². The van der Waals surface area contributed by atoms with Gasteiger partial charge in [0.05, 0.1) is 13.0 Å². The summed E-state index contributed by atoms with van der Waals surface area (Å²) in [6.45, 7) is 8.10. The van der Waals surface area contributed by atoms with Gasteiger partial charge in [-0.2, -0.15) is 0 Å². The Morgan fingerprint density at radius 3 is 2.17 bits per heavy atom. The third-order valence-electron chi connectivity index (χ3n) is 3.45. The standard InChI is InChI=1S/C15H23NO2/c1-6-12(15(17)18-5)14(16)13-10(3)7-9(2)8-11(13)4/h7-8,12,14H,6,16H2,1-5H3. The maximum absolute atomic E-state index is 11.7. The van der Waals surface area contributed by atoms with Gasteiger partial charge in [-0.15, -0.1) is 0 Å². The van der Waals surface area contributed by atoms with Crippen LogP contribution in [0.15, 0.2) is 12.1 Å². The zero-order chi connectivity index (χ0) is 13.9. The molecule has 0 bridgehead atoms. The van der Waals surface area contributed by atoms with E-state index in [1.165, 1.54) is 12.7 Å². The van der Waals surface area contributed by atoms with Crippen molar-refractivity contribution >= 4 is 5.97 Å². The lowest BCUT2D eigenvalue weighted by Gasteiger charge is -2.24. The molecule has 0 aromatic heterocycles. The average Bonchev–Trinajstić information content (AvgIpc) is 2.28. The number of carbonyl (C=O) groups excluding carboxylic acids is 1. The van der Waals surface area contributed by atoms with Crippen molar-refractivity contribution < 1.29 is 9.53 Å². The molecule has 0 fully saturated rings. The molecule has 18 heavy (non-hydrogen) atoms. The minimum atomic E-state index is -0.303. The Balaban J connectivity index is 3.17. The molecular formula is C15H23NO2. The van der Waals surface area contributed by atoms with Crippen LogP contribution in [0.1, 0.15) is 41.6 Å². The Morgan fingerprint density at radius 1 is 1.28 bits per heavy atom. The summed E-state index contributed by atoms with van der Waals surface area (Å²) in [5.41, 5.74) is 10.8. The molecule has 0 aliphatic heterocycles. The fourth-order valence-electron chi connectivity index (χ4n) is 2.64. The van der Waals surface area contributed by atoms with Gasteiger partial charge >= 0.3 is 5.97 Å². The molecule has 0 spiro atoms. The largest absolute Gasteiger partial charge is 0.469 e. The van der Waals surface area contributed by atoms with Gasteiger partial charge in [-0.25, -0.2) is 0 Å². The first-order chi connectivity index (χ1) is 8.42. The molecule has 0 saturated carbocycles. The molecule has 1 aromatic carbocycles. The highest BCUT2D eigenvalue weighted by Crippen LogP contribution is 2.29. The number of hydrogen-bond donors (Lipinski definition) is 1. The highest BCUT2D eigenvalue weighted by molar-refractivity contribution is 5.73. The predicted molar refractivity (Wildman–Crippen MR) is 73.4 cm³/mol. The lowest BCUT2D eigenvalue weighted by atomic mass is 9.86. The molecule has 0 saturated heterocycles. The van der Waals surface area contributed by atoms with Crippen LogP contribution in [0.5, 0.6) is 0 Å². The lowest BCUT2D eigenvalue weighted by Crippen LogP contribution is -2.30. The van der Waals surface area contributed by atoms with Crippen LogP contribution in [0.3, 0.4) is 0 Å². The minimum absolute atomic E-state index is 0.232. The summed E-state index contributed by atoms with van der Waals surface area (Å²) in [5, 5.41) is 0. The maximum atomic E-state index is 11.7. The maximum Gasteiger partial charge on any atom is 0.310 e. The fraction of sp³-hybridized carbons (Fsp3) is 0.533. The van der Waals surface area contributed by atoms with Crippen LogP contribution in [0, 0.1) is 26.7 Å². The van der Waals surface area contributed by atoms with E-state index < -0.39 is 0 Å². The van der Waals surface area contributed by atoms with Crippen molar-refractivity contribution in [1.82, 2.24) is 0 Å². The number of hydrogen-bond acceptors (Lipinski definition) is 3. The second-order valence-electron chi connectivity index (χ2n) is 4.88. The summed E-state index contributed by atoms with van der Waals surface area (Å²) in [4.78, 5) is 11.7. The van der Waals surface area contributed by atoms with E-state index in [4.69, 9.17) is 10.5 Å². The summed E-state index contributed by atoms with van der Waals surface area (Å²) in [6.07, 6.45) is 0.681. The first-order valence-electron chi connectivity index (χ1n) is 6.33. The minimum Gasteiger partial charge on any atom is -0.469 e. The summed E-state index contributed by atoms with van der Waals surface area (Å²) in [7, 11) is 1.41. The molecular weight excluding hydrogens is 226 g/mol. The van der Waals surface area contributed by atoms with Crippen molar-refractivity contribution in [3.8, 4) is 0 Å². The molecule has 2 unspecified atom stereocenters. The quantitative estimate of drug-likeness (QED) is 0.835. The lowest BCUT2D eigenvalue weighted by molar-refractivity contribution is -0.146. The smallest absolute Gasteiger partial charge is 0.310 e. The predicted octanol–water partition coefficient (Wildman–Crippen LogP) is 2.81. The van der Waals surface area contributed by atoms with Gasteiger partial charge in [0, 0.05) is 6.04 Å². The van der Waals surface area contributed by atoms with E-state index in [1.807, 2.05) is 20.8 Å². The number of carbonyl (C=O) groups is 1. The first-order valence-corrected chi connectivity index (χ1v) is 6.33. The van der Waals surface area contributed by atoms with E-state index in [-0.39, 0.29) is 17.9 Å². The first kappa shape index (κ1) is 14.7. The topological polar surface area (TPSA) is 52.3 Å². The number of esters is 1. The van der Waals surface area contributed by atoms with Crippen molar-refractivity contribution in [3.05, 3.63) is 34.4 Å². The van der Waals surface area contributed by atoms with E-state index in [2.05, 4.69) is 19.1 Å². The fourth-order valence-corrected chi connectivity index (χ4v) is 2.64. The van der Waals surface area contributed by atoms with Crippen LogP contribution < -0.4 is 5.73 Å². The van der Waals surface area contributed by atoms with Gasteiger partial charge in [0.1, 0.15) is 0 Å². The third kappa shape index (κ3) is 2.91. The zero-order valence-corrected chi connectivity index (χ0v) is 11.9. The van der Waals surface area contributed by atoms with Gasteiger partial charge in [-0.1, -0.05) is 24.6 Å². The Morgan fingerprint density at radius 2 is 1.78 bits per heavy atom. The van der Waals surface area contributed by atoms with E-state index in [0.29, 0.717) is 6.42 Å². The molecule has 3 heteroatoms. The van der Waals surface area contributed by atoms with E-state index in [1.54, 1.807) is 0 Å². The van der Waals surface area contributed by atoms with Crippen molar-refractivity contribution in [3.63, 3.8) is 0 Å². The van der Waals surface area contributed by atoms with Gasteiger partial charge in [0.15, 0.2) is 0 Å². The van der Waals surface area contributed by atoms with Crippen LogP contribution in [0.4, 0.5) is 0 Å². The SMILES string of the molecule is CCC(C(=O)OC)C(N)c1c(C)cc(C)cc1C. The van der Waals surface area contributed by atoms with Crippen molar-refractivity contribution in [1.29, 1.82) is 0 Å². The van der Waals surface area contributed by atoms with Crippen LogP contribution in [0.2, 0.25) is 0 Å². The van der Waals surface area contributed by atoms with E-state index in [0.717, 1.165) is 16.7 Å². The molecule has 0 amide bonds. The van der Waals surface area contributed by atoms with Gasteiger partial charge in [0.25, 0.3) is 0 Å². The third-order valence-corrected chi connectivity index (χ3v) is 3.45. The number of benzene rings is 1. The highest BCUT2D eigenvalue weighted by Gasteiger charge is 2.27. The summed E-state index contributed by atoms with van der Waals surface area (Å²) in [6, 6.07) is 3.90. The second-order valence-corrected chi connectivity index (χ2v) is 4.88. The van der Waals surface area contributed by atoms with Crippen LogP contribution >= 0.6 is 0 Å². The Bertz CT molecular complexity index is 417. The van der Waals surface area contributed by atoms with Crippen LogP contribution in [-0.2, 0) is 9.53 Å². The van der Waals surface area contributed by atoms with E-state index >= 15 is 0 Å². The van der Waals surface area contributed by atoms with Gasteiger partial charge < -0.3 is 10.5 Å². The van der Waals surface area contributed by atoms with Crippen molar-refractivity contribution in [2.75, 3.05) is 7.11 Å². The Hall–Kier alpha value is -1.35. The van der Waals surface area contributed by atoms with Gasteiger partial charge in [0.2, 0.25) is 0 Å². The molecule has 0 aliphatic rings. The zero-order valence-electron chi connectivity index (χ0n) is 11.9. The molecule has 1 aromatic rings. The highest BCUT2D eigenvalue weighted by atomic mass is 16.5. The van der Waals surface area contributed by atoms with Crippen molar-refractivity contribution in [2.45, 2.75) is 40.2 Å². The second kappa shape index (κ2) is 6.01. The van der Waals surface area contributed by atoms with Crippen LogP contribution in [-0.4, -0.2) is 13.1 Å².